The van der Waals surface area contributed by atoms with Crippen molar-refractivity contribution in [1.29, 1.82) is 0 Å². The Hall–Kier alpha value is -4.54. The van der Waals surface area contributed by atoms with Crippen LogP contribution in [0.1, 0.15) is 42.0 Å². The van der Waals surface area contributed by atoms with Crippen LogP contribution in [0.3, 0.4) is 0 Å². The molecule has 0 N–H and O–H groups in total. The van der Waals surface area contributed by atoms with Crippen molar-refractivity contribution in [2.75, 3.05) is 13.7 Å². The highest BCUT2D eigenvalue weighted by molar-refractivity contribution is 5.90. The zero-order valence-corrected chi connectivity index (χ0v) is 21.3. The number of esters is 4. The summed E-state index contributed by atoms with van der Waals surface area (Å²) in [4.78, 5) is 51.6. The standard InChI is InChI=1S/C30H28O10/c1-19(31)37-25-24(39-28(33)21-14-8-4-9-15-21)23(18-36-27(32)20-12-6-3-7-13-20)38-30(35-2)26(25)40-29(34)22-16-10-5-11-17-22/h3-17,23-26,30H,18H2,1-2H3/t23-,24+,25+,26-,30-/m1/s1/i1D3. The number of hydrogen-bond acceptors (Lipinski definition) is 10. The molecule has 3 aromatic rings. The van der Waals surface area contributed by atoms with Crippen LogP contribution in [-0.2, 0) is 33.2 Å². The van der Waals surface area contributed by atoms with Gasteiger partial charge in [-0.15, -0.1) is 0 Å². The largest absolute Gasteiger partial charge is 0.459 e. The first-order valence-corrected chi connectivity index (χ1v) is 12.2. The molecule has 10 nitrogen and oxygen atoms in total. The summed E-state index contributed by atoms with van der Waals surface area (Å²) in [6, 6.07) is 23.6. The van der Waals surface area contributed by atoms with Crippen LogP contribution in [0.2, 0.25) is 0 Å². The van der Waals surface area contributed by atoms with Gasteiger partial charge in [0.15, 0.2) is 24.6 Å². The quantitative estimate of drug-likeness (QED) is 0.288. The summed E-state index contributed by atoms with van der Waals surface area (Å²) >= 11 is 0. The topological polar surface area (TPSA) is 124 Å². The van der Waals surface area contributed by atoms with Gasteiger partial charge in [0.25, 0.3) is 0 Å². The molecule has 40 heavy (non-hydrogen) atoms. The molecule has 0 radical (unpaired) electrons. The lowest BCUT2D eigenvalue weighted by molar-refractivity contribution is -0.295. The second kappa shape index (κ2) is 13.5. The maximum Gasteiger partial charge on any atom is 0.338 e. The van der Waals surface area contributed by atoms with Crippen LogP contribution in [0.25, 0.3) is 0 Å². The van der Waals surface area contributed by atoms with E-state index in [9.17, 15) is 19.2 Å². The number of methoxy groups -OCH3 is 1. The molecule has 0 amide bonds. The molecule has 10 heteroatoms. The van der Waals surface area contributed by atoms with Gasteiger partial charge in [-0.2, -0.15) is 0 Å². The lowest BCUT2D eigenvalue weighted by Crippen LogP contribution is -2.62. The summed E-state index contributed by atoms with van der Waals surface area (Å²) in [5.74, 6) is -4.17. The predicted molar refractivity (Wildman–Crippen MR) is 139 cm³/mol. The van der Waals surface area contributed by atoms with E-state index in [1.165, 1.54) is 43.5 Å². The molecular formula is C30H28O10. The van der Waals surface area contributed by atoms with Gasteiger partial charge in [0.05, 0.1) is 16.7 Å². The molecule has 1 saturated heterocycles. The third-order valence-electron chi connectivity index (χ3n) is 5.96. The van der Waals surface area contributed by atoms with Crippen molar-refractivity contribution < 1.29 is 51.7 Å². The van der Waals surface area contributed by atoms with Crippen LogP contribution in [0.5, 0.6) is 0 Å². The minimum absolute atomic E-state index is 0.107. The molecule has 0 aliphatic carbocycles. The van der Waals surface area contributed by atoms with Gasteiger partial charge in [0.1, 0.15) is 12.7 Å². The highest BCUT2D eigenvalue weighted by Gasteiger charge is 2.53. The molecule has 1 heterocycles. The van der Waals surface area contributed by atoms with E-state index < -0.39 is 68.0 Å². The van der Waals surface area contributed by atoms with E-state index in [0.717, 1.165) is 0 Å². The molecule has 208 valence electrons. The summed E-state index contributed by atoms with van der Waals surface area (Å²) in [6.07, 6.45) is -7.81. The fourth-order valence-electron chi connectivity index (χ4n) is 4.07. The smallest absolute Gasteiger partial charge is 0.338 e. The van der Waals surface area contributed by atoms with Crippen molar-refractivity contribution in [3.63, 3.8) is 0 Å². The van der Waals surface area contributed by atoms with Gasteiger partial charge in [-0.1, -0.05) is 54.6 Å². The van der Waals surface area contributed by atoms with E-state index in [0.29, 0.717) is 0 Å². The maximum absolute atomic E-state index is 13.2. The van der Waals surface area contributed by atoms with E-state index >= 15 is 0 Å². The first-order chi connectivity index (χ1) is 20.6. The van der Waals surface area contributed by atoms with Crippen LogP contribution < -0.4 is 0 Å². The normalized spacial score (nSPS) is 23.4. The van der Waals surface area contributed by atoms with Crippen LogP contribution in [0.15, 0.2) is 91.0 Å². The molecule has 0 unspecified atom stereocenters. The van der Waals surface area contributed by atoms with E-state index in [1.807, 2.05) is 0 Å². The monoisotopic (exact) mass is 551 g/mol. The zero-order chi connectivity index (χ0) is 31.0. The Kier molecular flexibility index (Phi) is 8.27. The summed E-state index contributed by atoms with van der Waals surface area (Å²) in [7, 11) is 1.21. The SMILES string of the molecule is [2H]C([2H])([2H])C(=O)O[C@H]1[C@@H](OC(=O)c2ccccc2)[C@@H](COC(=O)c2ccccc2)O[C@@H](OC)[C@@H]1OC(=O)c1ccccc1. The predicted octanol–water partition coefficient (Wildman–Crippen LogP) is 3.60. The molecule has 0 spiro atoms. The van der Waals surface area contributed by atoms with Crippen molar-refractivity contribution >= 4 is 23.9 Å². The third kappa shape index (κ3) is 7.10. The summed E-state index contributed by atoms with van der Waals surface area (Å²) < 4.78 is 56.0. The Labute approximate surface area is 234 Å². The number of carbonyl (C=O) groups excluding carboxylic acids is 4. The summed E-state index contributed by atoms with van der Waals surface area (Å²) in [5, 5.41) is 0. The average molecular weight is 552 g/mol. The van der Waals surface area contributed by atoms with Crippen molar-refractivity contribution in [3.05, 3.63) is 108 Å². The van der Waals surface area contributed by atoms with Crippen molar-refractivity contribution in [2.24, 2.45) is 0 Å². The number of hydrogen-bond donors (Lipinski definition) is 0. The van der Waals surface area contributed by atoms with Gasteiger partial charge < -0.3 is 28.4 Å². The first kappa shape index (κ1) is 24.5. The molecule has 0 aromatic heterocycles. The fourth-order valence-corrected chi connectivity index (χ4v) is 4.07. The highest BCUT2D eigenvalue weighted by atomic mass is 16.7. The molecule has 0 bridgehead atoms. The minimum Gasteiger partial charge on any atom is -0.459 e. The van der Waals surface area contributed by atoms with Gasteiger partial charge in [-0.25, -0.2) is 14.4 Å². The fraction of sp³-hybridized carbons (Fsp3) is 0.267. The van der Waals surface area contributed by atoms with Crippen molar-refractivity contribution in [2.45, 2.75) is 37.6 Å². The lowest BCUT2D eigenvalue weighted by Gasteiger charge is -2.43. The Morgan fingerprint density at radius 1 is 0.675 bits per heavy atom. The van der Waals surface area contributed by atoms with Gasteiger partial charge in [0, 0.05) is 18.1 Å². The number of benzene rings is 3. The maximum atomic E-state index is 13.2. The molecule has 1 aliphatic heterocycles. The lowest BCUT2D eigenvalue weighted by atomic mass is 9.98. The van der Waals surface area contributed by atoms with Gasteiger partial charge in [0.2, 0.25) is 0 Å². The first-order valence-electron chi connectivity index (χ1n) is 13.7. The van der Waals surface area contributed by atoms with Gasteiger partial charge >= 0.3 is 23.9 Å². The van der Waals surface area contributed by atoms with Crippen LogP contribution in [0.4, 0.5) is 0 Å². The average Bonchev–Trinajstić information content (AvgIpc) is 3.02. The molecule has 0 saturated carbocycles. The zero-order valence-electron chi connectivity index (χ0n) is 24.3. The van der Waals surface area contributed by atoms with Crippen LogP contribution in [0, 0.1) is 0 Å². The van der Waals surface area contributed by atoms with E-state index in [2.05, 4.69) is 0 Å². The second-order valence-corrected chi connectivity index (χ2v) is 8.58. The van der Waals surface area contributed by atoms with Crippen LogP contribution >= 0.6 is 0 Å². The Morgan fingerprint density at radius 3 is 1.62 bits per heavy atom. The van der Waals surface area contributed by atoms with Crippen molar-refractivity contribution in [1.82, 2.24) is 0 Å². The Morgan fingerprint density at radius 2 is 1.15 bits per heavy atom. The molecule has 5 atom stereocenters. The van der Waals surface area contributed by atoms with E-state index in [-0.39, 0.29) is 16.7 Å². The molecular weight excluding hydrogens is 520 g/mol. The van der Waals surface area contributed by atoms with Crippen molar-refractivity contribution in [3.8, 4) is 0 Å². The third-order valence-corrected chi connectivity index (χ3v) is 5.96. The number of ether oxygens (including phenoxy) is 6. The minimum atomic E-state index is -3.22. The van der Waals surface area contributed by atoms with Gasteiger partial charge in [-0.3, -0.25) is 4.79 Å². The number of rotatable bonds is 9. The Bertz CT molecular complexity index is 1400. The Balaban J connectivity index is 1.70. The van der Waals surface area contributed by atoms with E-state index in [1.54, 1.807) is 54.6 Å². The highest BCUT2D eigenvalue weighted by Crippen LogP contribution is 2.30. The van der Waals surface area contributed by atoms with Gasteiger partial charge in [-0.05, 0) is 36.4 Å². The molecule has 3 aromatic carbocycles. The molecule has 1 fully saturated rings. The summed E-state index contributed by atoms with van der Waals surface area (Å²) in [5.41, 5.74) is 0.449. The van der Waals surface area contributed by atoms with Crippen LogP contribution in [-0.4, -0.2) is 68.3 Å². The molecule has 4 rings (SSSR count). The van der Waals surface area contributed by atoms with E-state index in [4.69, 9.17) is 32.5 Å². The number of carbonyl (C=O) groups is 4. The molecule has 1 aliphatic rings. The second-order valence-electron chi connectivity index (χ2n) is 8.58. The summed E-state index contributed by atoms with van der Waals surface area (Å²) in [6.45, 7) is -3.76.